The molecule has 2 aromatic rings. The number of nitrogens with one attached hydrogen (secondary N) is 2. The molecule has 5 heteroatoms. The van der Waals surface area contributed by atoms with Crippen molar-refractivity contribution >= 4 is 22.6 Å². The van der Waals surface area contributed by atoms with Gasteiger partial charge in [0.15, 0.2) is 0 Å². The van der Waals surface area contributed by atoms with Crippen molar-refractivity contribution < 1.29 is 14.8 Å². The van der Waals surface area contributed by atoms with Crippen LogP contribution in [0.3, 0.4) is 0 Å². The molecular weight excluding hydrogens is 304 g/mol. The van der Waals surface area contributed by atoms with Crippen LogP contribution in [-0.4, -0.2) is 17.0 Å². The summed E-state index contributed by atoms with van der Waals surface area (Å²) < 4.78 is 0. The number of carbonyl (C=O) groups is 2. The number of hydrogen-bond donors (Lipinski definition) is 3. The molecule has 128 valence electrons. The maximum atomic E-state index is 11.9. The third kappa shape index (κ3) is 6.01. The molecule has 0 fully saturated rings. The predicted molar refractivity (Wildman–Crippen MR) is 93.4 cm³/mol. The fourth-order valence-corrected chi connectivity index (χ4v) is 2.62. The zero-order valence-corrected chi connectivity index (χ0v) is 13.8. The minimum absolute atomic E-state index is 0.0521. The van der Waals surface area contributed by atoms with Crippen LogP contribution in [0.5, 0.6) is 0 Å². The molecule has 0 saturated heterocycles. The maximum absolute atomic E-state index is 11.9. The highest BCUT2D eigenvalue weighted by Gasteiger charge is 2.03. The second-order valence-electron chi connectivity index (χ2n) is 5.91. The lowest BCUT2D eigenvalue weighted by molar-refractivity contribution is -0.129. The summed E-state index contributed by atoms with van der Waals surface area (Å²) in [4.78, 5) is 22.7. The molecule has 2 aromatic carbocycles. The molecule has 24 heavy (non-hydrogen) atoms. The lowest BCUT2D eigenvalue weighted by Gasteiger charge is -2.07. The molecule has 0 aliphatic carbocycles. The Kier molecular flexibility index (Phi) is 7.23. The average Bonchev–Trinajstić information content (AvgIpc) is 2.62. The maximum Gasteiger partial charge on any atom is 0.243 e. The molecule has 3 N–H and O–H groups in total. The smallest absolute Gasteiger partial charge is 0.243 e. The Balaban J connectivity index is 1.63. The van der Waals surface area contributed by atoms with Gasteiger partial charge in [0.1, 0.15) is 0 Å². The highest BCUT2D eigenvalue weighted by Crippen LogP contribution is 2.15. The number of benzene rings is 2. The monoisotopic (exact) mass is 328 g/mol. The first-order chi connectivity index (χ1) is 11.7. The van der Waals surface area contributed by atoms with E-state index >= 15 is 0 Å². The molecule has 0 spiro atoms. The predicted octanol–water partition coefficient (Wildman–Crippen LogP) is 3.30. The van der Waals surface area contributed by atoms with Crippen molar-refractivity contribution in [3.8, 4) is 0 Å². The zero-order chi connectivity index (χ0) is 17.2. The van der Waals surface area contributed by atoms with E-state index in [2.05, 4.69) is 29.6 Å². The van der Waals surface area contributed by atoms with E-state index in [0.29, 0.717) is 19.4 Å². The third-order valence-corrected chi connectivity index (χ3v) is 3.99. The first-order valence-corrected chi connectivity index (χ1v) is 8.36. The van der Waals surface area contributed by atoms with Crippen LogP contribution in [0.4, 0.5) is 0 Å². The van der Waals surface area contributed by atoms with Gasteiger partial charge in [-0.15, -0.1) is 0 Å². The first-order valence-electron chi connectivity index (χ1n) is 8.36. The van der Waals surface area contributed by atoms with Crippen LogP contribution in [0.25, 0.3) is 10.8 Å². The molecule has 0 unspecified atom stereocenters. The molecule has 0 saturated carbocycles. The van der Waals surface area contributed by atoms with Gasteiger partial charge >= 0.3 is 0 Å². The van der Waals surface area contributed by atoms with Gasteiger partial charge in [-0.3, -0.25) is 14.8 Å². The molecule has 0 bridgehead atoms. The van der Waals surface area contributed by atoms with Crippen molar-refractivity contribution in [2.24, 2.45) is 0 Å². The number of fused-ring (bicyclic) bond motifs is 1. The van der Waals surface area contributed by atoms with Crippen LogP contribution in [0.15, 0.2) is 42.5 Å². The van der Waals surface area contributed by atoms with Gasteiger partial charge in [0.05, 0.1) is 0 Å². The van der Waals surface area contributed by atoms with Gasteiger partial charge in [0.25, 0.3) is 0 Å². The SMILES string of the molecule is O=C(CCCCCCC(=O)NCc1ccc2ccccc2c1)NO. The van der Waals surface area contributed by atoms with Crippen LogP contribution in [0.2, 0.25) is 0 Å². The Morgan fingerprint density at radius 3 is 2.21 bits per heavy atom. The van der Waals surface area contributed by atoms with Crippen LogP contribution in [0.1, 0.15) is 44.1 Å². The van der Waals surface area contributed by atoms with Crippen LogP contribution >= 0.6 is 0 Å². The Hall–Kier alpha value is -2.40. The number of carbonyl (C=O) groups excluding carboxylic acids is 2. The molecule has 0 aliphatic rings. The summed E-state index contributed by atoms with van der Waals surface area (Å²) in [6.07, 6.45) is 4.15. The number of hydrogen-bond acceptors (Lipinski definition) is 3. The van der Waals surface area contributed by atoms with E-state index in [9.17, 15) is 9.59 Å². The summed E-state index contributed by atoms with van der Waals surface area (Å²) in [5, 5.41) is 13.7. The van der Waals surface area contributed by atoms with E-state index in [-0.39, 0.29) is 11.8 Å². The fourth-order valence-electron chi connectivity index (χ4n) is 2.62. The lowest BCUT2D eigenvalue weighted by Crippen LogP contribution is -2.22. The summed E-state index contributed by atoms with van der Waals surface area (Å²) in [6, 6.07) is 14.4. The van der Waals surface area contributed by atoms with Gasteiger partial charge in [0.2, 0.25) is 11.8 Å². The van der Waals surface area contributed by atoms with E-state index in [4.69, 9.17) is 5.21 Å². The molecule has 0 radical (unpaired) electrons. The molecule has 0 atom stereocenters. The van der Waals surface area contributed by atoms with Crippen molar-refractivity contribution in [3.63, 3.8) is 0 Å². The second kappa shape index (κ2) is 9.67. The van der Waals surface area contributed by atoms with Crippen molar-refractivity contribution in [1.82, 2.24) is 10.8 Å². The summed E-state index contributed by atoms with van der Waals surface area (Å²) in [5.41, 5.74) is 2.71. The Morgan fingerprint density at radius 2 is 1.50 bits per heavy atom. The minimum atomic E-state index is -0.358. The topological polar surface area (TPSA) is 78.4 Å². The van der Waals surface area contributed by atoms with Gasteiger partial charge in [-0.2, -0.15) is 0 Å². The average molecular weight is 328 g/mol. The summed E-state index contributed by atoms with van der Waals surface area (Å²) in [7, 11) is 0. The lowest BCUT2D eigenvalue weighted by atomic mass is 10.1. The highest BCUT2D eigenvalue weighted by atomic mass is 16.5. The third-order valence-electron chi connectivity index (χ3n) is 3.99. The van der Waals surface area contributed by atoms with E-state index in [1.165, 1.54) is 10.8 Å². The zero-order valence-electron chi connectivity index (χ0n) is 13.8. The van der Waals surface area contributed by atoms with Crippen molar-refractivity contribution in [3.05, 3.63) is 48.0 Å². The minimum Gasteiger partial charge on any atom is -0.352 e. The molecule has 2 rings (SSSR count). The molecule has 2 amide bonds. The van der Waals surface area contributed by atoms with Crippen molar-refractivity contribution in [2.75, 3.05) is 0 Å². The number of unbranched alkanes of at least 4 members (excludes halogenated alkanes) is 3. The highest BCUT2D eigenvalue weighted by molar-refractivity contribution is 5.83. The molecule has 0 heterocycles. The molecule has 5 nitrogen and oxygen atoms in total. The molecule has 0 aromatic heterocycles. The number of hydroxylamine groups is 1. The summed E-state index contributed by atoms with van der Waals surface area (Å²) >= 11 is 0. The summed E-state index contributed by atoms with van der Waals surface area (Å²) in [6.45, 7) is 0.542. The standard InChI is InChI=1S/C19H24N2O3/c22-18(9-3-1-2-4-10-19(23)21-24)20-14-15-11-12-16-7-5-6-8-17(16)13-15/h5-8,11-13,24H,1-4,9-10,14H2,(H,20,22)(H,21,23). The number of rotatable bonds is 9. The number of amides is 2. The molecule has 0 aliphatic heterocycles. The normalized spacial score (nSPS) is 10.5. The van der Waals surface area contributed by atoms with Crippen LogP contribution < -0.4 is 10.8 Å². The second-order valence-corrected chi connectivity index (χ2v) is 5.91. The van der Waals surface area contributed by atoms with Crippen molar-refractivity contribution in [2.45, 2.75) is 45.1 Å². The van der Waals surface area contributed by atoms with E-state index in [0.717, 1.165) is 31.2 Å². The Labute approximate surface area is 142 Å². The van der Waals surface area contributed by atoms with E-state index < -0.39 is 0 Å². The fraction of sp³-hybridized carbons (Fsp3) is 0.368. The van der Waals surface area contributed by atoms with Gasteiger partial charge in [-0.05, 0) is 35.2 Å². The Bertz CT molecular complexity index is 685. The Morgan fingerprint density at radius 1 is 0.833 bits per heavy atom. The van der Waals surface area contributed by atoms with Gasteiger partial charge < -0.3 is 5.32 Å². The summed E-state index contributed by atoms with van der Waals surface area (Å²) in [5.74, 6) is -0.306. The molecular formula is C19H24N2O3. The largest absolute Gasteiger partial charge is 0.352 e. The van der Waals surface area contributed by atoms with E-state index in [1.54, 1.807) is 5.48 Å². The van der Waals surface area contributed by atoms with Gasteiger partial charge in [0, 0.05) is 19.4 Å². The van der Waals surface area contributed by atoms with E-state index in [1.807, 2.05) is 18.2 Å². The van der Waals surface area contributed by atoms with Crippen molar-refractivity contribution in [1.29, 1.82) is 0 Å². The van der Waals surface area contributed by atoms with Crippen LogP contribution in [0, 0.1) is 0 Å². The first kappa shape index (κ1) is 17.9. The quantitative estimate of drug-likeness (QED) is 0.375. The van der Waals surface area contributed by atoms with Gasteiger partial charge in [-0.1, -0.05) is 49.2 Å². The van der Waals surface area contributed by atoms with Gasteiger partial charge in [-0.25, -0.2) is 5.48 Å². The van der Waals surface area contributed by atoms with Crippen LogP contribution in [-0.2, 0) is 16.1 Å².